The molecule has 1 unspecified atom stereocenters. The molecule has 0 heterocycles. The summed E-state index contributed by atoms with van der Waals surface area (Å²) in [5.74, 6) is 0. The van der Waals surface area contributed by atoms with Crippen molar-refractivity contribution in [2.45, 2.75) is 47.0 Å². The van der Waals surface area contributed by atoms with Crippen LogP contribution in [0.1, 0.15) is 16.7 Å². The Morgan fingerprint density at radius 2 is 0.917 bits per heavy atom. The van der Waals surface area contributed by atoms with Crippen LogP contribution in [-0.4, -0.2) is 25.2 Å². The van der Waals surface area contributed by atoms with E-state index in [2.05, 4.69) is 150 Å². The predicted molar refractivity (Wildman–Crippen MR) is 161 cm³/mol. The van der Waals surface area contributed by atoms with Crippen LogP contribution in [0.2, 0.25) is 26.2 Å². The molecule has 0 N–H and O–H groups in total. The van der Waals surface area contributed by atoms with Crippen molar-refractivity contribution in [1.29, 1.82) is 0 Å². The average Bonchev–Trinajstić information content (AvgIpc) is 2.87. The van der Waals surface area contributed by atoms with Crippen molar-refractivity contribution in [2.75, 3.05) is 0 Å². The fraction of sp³-hybridized carbons (Fsp3) is 0.226. The van der Waals surface area contributed by atoms with Gasteiger partial charge in [0.15, 0.2) is 8.32 Å². The molecular formula is C31H38O2Si3. The Morgan fingerprint density at radius 3 is 1.36 bits per heavy atom. The maximum Gasteiger partial charge on any atom is 0.349 e. The lowest BCUT2D eigenvalue weighted by Crippen LogP contribution is -2.76. The minimum atomic E-state index is -2.98. The molecular weight excluding hydrogens is 489 g/mol. The first-order valence-corrected chi connectivity index (χ1v) is 20.3. The first kappa shape index (κ1) is 26.5. The Morgan fingerprint density at radius 1 is 0.472 bits per heavy atom. The van der Waals surface area contributed by atoms with Gasteiger partial charge in [-0.05, 0) is 84.4 Å². The molecule has 0 fully saturated rings. The van der Waals surface area contributed by atoms with Crippen molar-refractivity contribution in [1.82, 2.24) is 0 Å². The van der Waals surface area contributed by atoms with Crippen LogP contribution in [-0.2, 0) is 8.23 Å². The zero-order valence-electron chi connectivity index (χ0n) is 22.6. The fourth-order valence-corrected chi connectivity index (χ4v) is 19.1. The molecule has 0 aliphatic rings. The smallest absolute Gasteiger partial charge is 0.349 e. The maximum absolute atomic E-state index is 7.81. The van der Waals surface area contributed by atoms with E-state index in [1.165, 1.54) is 37.4 Å². The lowest BCUT2D eigenvalue weighted by Gasteiger charge is -2.44. The molecule has 0 aliphatic carbocycles. The van der Waals surface area contributed by atoms with Gasteiger partial charge in [0, 0.05) is 0 Å². The number of hydrogen-bond acceptors (Lipinski definition) is 2. The molecule has 186 valence electrons. The van der Waals surface area contributed by atoms with Crippen LogP contribution in [0.4, 0.5) is 0 Å². The number of aryl methyl sites for hydroxylation is 1. The van der Waals surface area contributed by atoms with Crippen LogP contribution >= 0.6 is 0 Å². The Balaban J connectivity index is 2.10. The molecule has 4 aromatic rings. The molecule has 0 bridgehead atoms. The highest BCUT2D eigenvalue weighted by Gasteiger charge is 2.51. The third kappa shape index (κ3) is 5.26. The highest BCUT2D eigenvalue weighted by molar-refractivity contribution is 7.12. The van der Waals surface area contributed by atoms with E-state index in [1.54, 1.807) is 0 Å². The van der Waals surface area contributed by atoms with Gasteiger partial charge in [0.05, 0.1) is 0 Å². The van der Waals surface area contributed by atoms with Crippen molar-refractivity contribution in [3.63, 3.8) is 0 Å². The molecule has 0 aromatic heterocycles. The van der Waals surface area contributed by atoms with E-state index in [-0.39, 0.29) is 0 Å². The van der Waals surface area contributed by atoms with Crippen molar-refractivity contribution < 1.29 is 8.23 Å². The van der Waals surface area contributed by atoms with Crippen molar-refractivity contribution >= 4 is 45.9 Å². The summed E-state index contributed by atoms with van der Waals surface area (Å²) < 4.78 is 14.9. The van der Waals surface area contributed by atoms with Crippen LogP contribution in [0.15, 0.2) is 103 Å². The van der Waals surface area contributed by atoms with Gasteiger partial charge in [-0.1, -0.05) is 103 Å². The quantitative estimate of drug-likeness (QED) is 0.225. The van der Waals surface area contributed by atoms with E-state index in [4.69, 9.17) is 8.23 Å². The molecule has 36 heavy (non-hydrogen) atoms. The molecule has 4 rings (SSSR count). The van der Waals surface area contributed by atoms with Gasteiger partial charge in [0.1, 0.15) is 0 Å². The molecule has 0 radical (unpaired) electrons. The highest BCUT2D eigenvalue weighted by Crippen LogP contribution is 2.24. The van der Waals surface area contributed by atoms with E-state index in [0.717, 1.165) is 0 Å². The highest BCUT2D eigenvalue weighted by atomic mass is 28.5. The largest absolute Gasteiger partial charge is 0.433 e. The summed E-state index contributed by atoms with van der Waals surface area (Å²) in [5.41, 5.74) is 3.95. The number of hydrogen-bond donors (Lipinski definition) is 0. The lowest BCUT2D eigenvalue weighted by molar-refractivity contribution is 0.412. The van der Waals surface area contributed by atoms with Gasteiger partial charge >= 0.3 is 8.56 Å². The molecule has 0 amide bonds. The van der Waals surface area contributed by atoms with Gasteiger partial charge in [-0.25, -0.2) is 0 Å². The molecule has 1 atom stereocenters. The first-order valence-electron chi connectivity index (χ1n) is 12.7. The van der Waals surface area contributed by atoms with E-state index in [1.807, 2.05) is 0 Å². The Labute approximate surface area is 220 Å². The zero-order chi connectivity index (χ0) is 26.0. The van der Waals surface area contributed by atoms with Crippen molar-refractivity contribution in [2.24, 2.45) is 0 Å². The van der Waals surface area contributed by atoms with Crippen LogP contribution in [0, 0.1) is 20.8 Å². The molecule has 5 heteroatoms. The summed E-state index contributed by atoms with van der Waals surface area (Å²) in [7, 11) is -7.81. The third-order valence-electron chi connectivity index (χ3n) is 6.94. The predicted octanol–water partition coefficient (Wildman–Crippen LogP) is 5.43. The zero-order valence-corrected chi connectivity index (χ0v) is 25.6. The van der Waals surface area contributed by atoms with Gasteiger partial charge in [-0.2, -0.15) is 0 Å². The topological polar surface area (TPSA) is 18.5 Å². The summed E-state index contributed by atoms with van der Waals surface area (Å²) >= 11 is 0. The average molecular weight is 527 g/mol. The van der Waals surface area contributed by atoms with Crippen LogP contribution in [0.25, 0.3) is 0 Å². The Kier molecular flexibility index (Phi) is 7.69. The monoisotopic (exact) mass is 526 g/mol. The fourth-order valence-electron chi connectivity index (χ4n) is 5.09. The molecule has 0 aliphatic heterocycles. The van der Waals surface area contributed by atoms with Gasteiger partial charge in [0.25, 0.3) is 8.32 Å². The second-order valence-corrected chi connectivity index (χ2v) is 22.1. The van der Waals surface area contributed by atoms with Crippen molar-refractivity contribution in [3.05, 3.63) is 120 Å². The van der Waals surface area contributed by atoms with Gasteiger partial charge < -0.3 is 8.23 Å². The Bertz CT molecular complexity index is 1260. The van der Waals surface area contributed by atoms with Gasteiger partial charge in [-0.3, -0.25) is 0 Å². The first-order chi connectivity index (χ1) is 17.1. The van der Waals surface area contributed by atoms with E-state index < -0.39 is 25.2 Å². The summed E-state index contributed by atoms with van der Waals surface area (Å²) in [6.45, 7) is 15.7. The summed E-state index contributed by atoms with van der Waals surface area (Å²) in [5, 5.41) is 4.97. The second-order valence-electron chi connectivity index (χ2n) is 10.7. The minimum Gasteiger partial charge on any atom is -0.433 e. The standard InChI is InChI=1S/C31H38O2Si3/c1-25-23-24-31(27(3)26(25)2)36(29-19-13-9-14-20-29,30-21-15-10-16-22-30)33-35(7,32-34(4,5)6)28-17-11-8-12-18-28/h8-24H,1-7H3. The number of rotatable bonds is 8. The summed E-state index contributed by atoms with van der Waals surface area (Å²) in [4.78, 5) is 0. The Hall–Kier alpha value is -2.55. The van der Waals surface area contributed by atoms with E-state index >= 15 is 0 Å². The van der Waals surface area contributed by atoms with Crippen LogP contribution in [0.5, 0.6) is 0 Å². The molecule has 0 spiro atoms. The molecule has 4 aromatic carbocycles. The minimum absolute atomic E-state index is 1.18. The third-order valence-corrected chi connectivity index (χ3v) is 18.7. The molecule has 2 nitrogen and oxygen atoms in total. The normalized spacial score (nSPS) is 13.9. The maximum atomic E-state index is 7.81. The summed E-state index contributed by atoms with van der Waals surface area (Å²) in [6.07, 6.45) is 0. The molecule has 0 saturated carbocycles. The summed E-state index contributed by atoms with van der Waals surface area (Å²) in [6, 6.07) is 37.0. The SMILES string of the molecule is Cc1ccc([Si](O[Si](C)(O[Si](C)(C)C)c2ccccc2)(c2ccccc2)c2ccccc2)c(C)c1C. The van der Waals surface area contributed by atoms with Crippen molar-refractivity contribution in [3.8, 4) is 0 Å². The molecule has 0 saturated heterocycles. The number of benzene rings is 4. The van der Waals surface area contributed by atoms with Gasteiger partial charge in [0.2, 0.25) is 0 Å². The van der Waals surface area contributed by atoms with Crippen LogP contribution in [0.3, 0.4) is 0 Å². The second kappa shape index (κ2) is 10.4. The van der Waals surface area contributed by atoms with Gasteiger partial charge in [-0.15, -0.1) is 0 Å². The van der Waals surface area contributed by atoms with E-state index in [0.29, 0.717) is 0 Å². The van der Waals surface area contributed by atoms with E-state index in [9.17, 15) is 0 Å². The van der Waals surface area contributed by atoms with Crippen LogP contribution < -0.4 is 20.7 Å². The lowest BCUT2D eigenvalue weighted by atomic mass is 10.1.